The van der Waals surface area contributed by atoms with Crippen LogP contribution in [0.25, 0.3) is 6.08 Å². The topological polar surface area (TPSA) is 94.2 Å². The molecular weight excluding hydrogens is 310 g/mol. The van der Waals surface area contributed by atoms with Crippen molar-refractivity contribution in [2.45, 2.75) is 18.9 Å². The number of hydrogen-bond donors (Lipinski definition) is 0. The lowest BCUT2D eigenvalue weighted by molar-refractivity contribution is -0.385. The highest BCUT2D eigenvalue weighted by Crippen LogP contribution is 2.22. The second kappa shape index (κ2) is 7.03. The van der Waals surface area contributed by atoms with Crippen LogP contribution >= 0.6 is 0 Å². The second-order valence-corrected chi connectivity index (χ2v) is 5.61. The van der Waals surface area contributed by atoms with Crippen molar-refractivity contribution in [3.8, 4) is 0 Å². The van der Waals surface area contributed by atoms with Gasteiger partial charge in [-0.3, -0.25) is 14.9 Å². The summed E-state index contributed by atoms with van der Waals surface area (Å²) >= 11 is 0. The lowest BCUT2D eigenvalue weighted by Crippen LogP contribution is -2.40. The van der Waals surface area contributed by atoms with Crippen LogP contribution in [0.1, 0.15) is 24.4 Å². The lowest BCUT2D eigenvalue weighted by Gasteiger charge is -2.31. The van der Waals surface area contributed by atoms with Crippen molar-refractivity contribution in [1.82, 2.24) is 19.7 Å². The molecule has 2 aromatic rings. The molecule has 0 radical (unpaired) electrons. The van der Waals surface area contributed by atoms with E-state index in [0.717, 1.165) is 12.8 Å². The third-order valence-corrected chi connectivity index (χ3v) is 4.06. The van der Waals surface area contributed by atoms with Crippen LogP contribution in [0.2, 0.25) is 0 Å². The van der Waals surface area contributed by atoms with Crippen molar-refractivity contribution < 1.29 is 9.72 Å². The van der Waals surface area contributed by atoms with Crippen LogP contribution < -0.4 is 0 Å². The smallest absolute Gasteiger partial charge is 0.276 e. The fourth-order valence-electron chi connectivity index (χ4n) is 2.84. The normalized spacial score (nSPS) is 18.0. The van der Waals surface area contributed by atoms with Gasteiger partial charge in [0.1, 0.15) is 12.7 Å². The minimum Gasteiger partial charge on any atom is -0.337 e. The van der Waals surface area contributed by atoms with Gasteiger partial charge < -0.3 is 4.90 Å². The first-order valence-electron chi connectivity index (χ1n) is 7.69. The SMILES string of the molecule is O=C(/C=C\c1ccccc1[N+](=O)[O-])N1CCC[C@@H](n2cncn2)C1. The Morgan fingerprint density at radius 2 is 2.21 bits per heavy atom. The van der Waals surface area contributed by atoms with E-state index in [1.54, 1.807) is 34.1 Å². The van der Waals surface area contributed by atoms with Gasteiger partial charge in [-0.15, -0.1) is 0 Å². The fourth-order valence-corrected chi connectivity index (χ4v) is 2.84. The van der Waals surface area contributed by atoms with Gasteiger partial charge in [-0.25, -0.2) is 9.67 Å². The monoisotopic (exact) mass is 327 g/mol. The average molecular weight is 327 g/mol. The van der Waals surface area contributed by atoms with Crippen molar-refractivity contribution in [2.24, 2.45) is 0 Å². The summed E-state index contributed by atoms with van der Waals surface area (Å²) in [4.78, 5) is 28.6. The van der Waals surface area contributed by atoms with Gasteiger partial charge in [0.05, 0.1) is 16.5 Å². The molecule has 0 bridgehead atoms. The van der Waals surface area contributed by atoms with E-state index in [9.17, 15) is 14.9 Å². The Morgan fingerprint density at radius 3 is 2.96 bits per heavy atom. The third kappa shape index (κ3) is 3.48. The number of piperidine rings is 1. The van der Waals surface area contributed by atoms with Crippen molar-refractivity contribution >= 4 is 17.7 Å². The summed E-state index contributed by atoms with van der Waals surface area (Å²) in [7, 11) is 0. The summed E-state index contributed by atoms with van der Waals surface area (Å²) in [6.45, 7) is 1.23. The molecule has 0 spiro atoms. The highest BCUT2D eigenvalue weighted by Gasteiger charge is 2.24. The summed E-state index contributed by atoms with van der Waals surface area (Å²) in [6.07, 6.45) is 7.86. The number of amides is 1. The zero-order valence-corrected chi connectivity index (χ0v) is 13.0. The van der Waals surface area contributed by atoms with E-state index in [-0.39, 0.29) is 17.6 Å². The Kier molecular flexibility index (Phi) is 4.64. The number of nitrogens with zero attached hydrogens (tertiary/aromatic N) is 5. The standard InChI is InChI=1S/C16H17N5O3/c22-16(8-7-13-4-1-2-6-15(13)21(23)24)19-9-3-5-14(10-19)20-12-17-11-18-20/h1-2,4,6-8,11-12,14H,3,5,9-10H2/b8-7-/t14-/m1/s1. The largest absolute Gasteiger partial charge is 0.337 e. The molecule has 0 saturated carbocycles. The summed E-state index contributed by atoms with van der Waals surface area (Å²) in [5, 5.41) is 15.1. The number of para-hydroxylation sites is 1. The Hall–Kier alpha value is -3.03. The summed E-state index contributed by atoms with van der Waals surface area (Å²) < 4.78 is 1.77. The average Bonchev–Trinajstić information content (AvgIpc) is 3.14. The minimum atomic E-state index is -0.453. The molecule has 3 rings (SSSR count). The van der Waals surface area contributed by atoms with Gasteiger partial charge in [-0.05, 0) is 25.0 Å². The zero-order valence-electron chi connectivity index (χ0n) is 13.0. The molecular formula is C16H17N5O3. The number of carbonyl (C=O) groups excluding carboxylic acids is 1. The predicted molar refractivity (Wildman–Crippen MR) is 87.0 cm³/mol. The molecule has 0 unspecified atom stereocenters. The molecule has 124 valence electrons. The number of likely N-dealkylation sites (tertiary alicyclic amines) is 1. The van der Waals surface area contributed by atoms with E-state index in [2.05, 4.69) is 10.1 Å². The molecule has 8 nitrogen and oxygen atoms in total. The van der Waals surface area contributed by atoms with Crippen LogP contribution in [-0.2, 0) is 4.79 Å². The molecule has 1 saturated heterocycles. The molecule has 8 heteroatoms. The molecule has 1 aromatic heterocycles. The predicted octanol–water partition coefficient (Wildman–Crippen LogP) is 2.06. The summed E-state index contributed by atoms with van der Waals surface area (Å²) in [6, 6.07) is 6.47. The molecule has 1 amide bonds. The van der Waals surface area contributed by atoms with E-state index in [4.69, 9.17) is 0 Å². The Bertz CT molecular complexity index is 757. The number of aromatic nitrogens is 3. The lowest BCUT2D eigenvalue weighted by atomic mass is 10.1. The van der Waals surface area contributed by atoms with Gasteiger partial charge in [0.15, 0.2) is 0 Å². The number of hydrogen-bond acceptors (Lipinski definition) is 5. The molecule has 1 fully saturated rings. The van der Waals surface area contributed by atoms with Crippen LogP contribution in [0, 0.1) is 10.1 Å². The van der Waals surface area contributed by atoms with E-state index in [1.165, 1.54) is 24.5 Å². The van der Waals surface area contributed by atoms with E-state index >= 15 is 0 Å². The van der Waals surface area contributed by atoms with Crippen LogP contribution in [-0.4, -0.2) is 43.6 Å². The van der Waals surface area contributed by atoms with Crippen molar-refractivity contribution in [1.29, 1.82) is 0 Å². The second-order valence-electron chi connectivity index (χ2n) is 5.61. The third-order valence-electron chi connectivity index (χ3n) is 4.06. The number of nitro groups is 1. The summed E-state index contributed by atoms with van der Waals surface area (Å²) in [5.74, 6) is -0.155. The molecule has 1 aliphatic rings. The Labute approximate surface area is 138 Å². The van der Waals surface area contributed by atoms with Gasteiger partial charge in [0.25, 0.3) is 5.69 Å². The summed E-state index contributed by atoms with van der Waals surface area (Å²) in [5.41, 5.74) is 0.404. The maximum Gasteiger partial charge on any atom is 0.276 e. The van der Waals surface area contributed by atoms with Gasteiger partial charge in [0, 0.05) is 25.2 Å². The van der Waals surface area contributed by atoms with Gasteiger partial charge >= 0.3 is 0 Å². The zero-order chi connectivity index (χ0) is 16.9. The maximum absolute atomic E-state index is 12.4. The first-order valence-corrected chi connectivity index (χ1v) is 7.69. The quantitative estimate of drug-likeness (QED) is 0.487. The number of carbonyl (C=O) groups is 1. The van der Waals surface area contributed by atoms with E-state index < -0.39 is 4.92 Å². The Balaban J connectivity index is 1.69. The van der Waals surface area contributed by atoms with E-state index in [0.29, 0.717) is 18.7 Å². The highest BCUT2D eigenvalue weighted by atomic mass is 16.6. The van der Waals surface area contributed by atoms with Crippen LogP contribution in [0.5, 0.6) is 0 Å². The highest BCUT2D eigenvalue weighted by molar-refractivity contribution is 5.92. The molecule has 24 heavy (non-hydrogen) atoms. The number of nitro benzene ring substituents is 1. The van der Waals surface area contributed by atoms with Gasteiger partial charge in [-0.1, -0.05) is 12.1 Å². The minimum absolute atomic E-state index is 0.0133. The van der Waals surface area contributed by atoms with Crippen molar-refractivity contribution in [3.63, 3.8) is 0 Å². The number of rotatable bonds is 4. The van der Waals surface area contributed by atoms with Crippen LogP contribution in [0.3, 0.4) is 0 Å². The van der Waals surface area contributed by atoms with Gasteiger partial charge in [-0.2, -0.15) is 5.10 Å². The molecule has 2 heterocycles. The number of benzene rings is 1. The molecule has 0 N–H and O–H groups in total. The van der Waals surface area contributed by atoms with Crippen LogP contribution in [0.15, 0.2) is 43.0 Å². The first kappa shape index (κ1) is 15.9. The molecule has 1 aliphatic heterocycles. The molecule has 1 aromatic carbocycles. The van der Waals surface area contributed by atoms with Crippen LogP contribution in [0.4, 0.5) is 5.69 Å². The Morgan fingerprint density at radius 1 is 1.38 bits per heavy atom. The van der Waals surface area contributed by atoms with Gasteiger partial charge in [0.2, 0.25) is 5.91 Å². The first-order chi connectivity index (χ1) is 11.6. The van der Waals surface area contributed by atoms with Crippen molar-refractivity contribution in [3.05, 3.63) is 58.7 Å². The maximum atomic E-state index is 12.4. The van der Waals surface area contributed by atoms with E-state index in [1.807, 2.05) is 0 Å². The molecule has 1 atom stereocenters. The fraction of sp³-hybridized carbons (Fsp3) is 0.312. The molecule has 0 aliphatic carbocycles. The van der Waals surface area contributed by atoms with Crippen molar-refractivity contribution in [2.75, 3.05) is 13.1 Å².